The van der Waals surface area contributed by atoms with Crippen LogP contribution in [0.1, 0.15) is 11.1 Å². The molecule has 0 atom stereocenters. The summed E-state index contributed by atoms with van der Waals surface area (Å²) < 4.78 is 2.28. The van der Waals surface area contributed by atoms with Crippen LogP contribution in [0.15, 0.2) is 212 Å². The first kappa shape index (κ1) is 35.6. The van der Waals surface area contributed by atoms with Crippen LogP contribution in [0.25, 0.3) is 105 Å². The Kier molecular flexibility index (Phi) is 8.49. The van der Waals surface area contributed by atoms with E-state index in [1.807, 2.05) is 30.5 Å². The summed E-state index contributed by atoms with van der Waals surface area (Å²) in [6.07, 6.45) is 2.61. The minimum atomic E-state index is 0.715. The largest absolute Gasteiger partial charge is 0.294 e. The first-order valence-corrected chi connectivity index (χ1v) is 21.0. The van der Waals surface area contributed by atoms with E-state index in [9.17, 15) is 0 Å². The number of benzene rings is 8. The molecule has 62 heavy (non-hydrogen) atoms. The molecule has 12 rings (SSSR count). The van der Waals surface area contributed by atoms with Gasteiger partial charge in [0.05, 0.1) is 22.2 Å². The Balaban J connectivity index is 1.08. The van der Waals surface area contributed by atoms with Crippen LogP contribution in [-0.2, 0) is 6.42 Å². The molecule has 5 nitrogen and oxygen atoms in total. The van der Waals surface area contributed by atoms with Crippen molar-refractivity contribution < 1.29 is 0 Å². The zero-order chi connectivity index (χ0) is 41.0. The molecule has 0 fully saturated rings. The lowest BCUT2D eigenvalue weighted by atomic mass is 9.91. The molecule has 4 aromatic heterocycles. The van der Waals surface area contributed by atoms with E-state index in [1.165, 1.54) is 16.5 Å². The van der Waals surface area contributed by atoms with Gasteiger partial charge in [0.15, 0.2) is 11.5 Å². The lowest BCUT2D eigenvalue weighted by Crippen LogP contribution is -2.00. The van der Waals surface area contributed by atoms with E-state index in [0.717, 1.165) is 100 Å². The van der Waals surface area contributed by atoms with Gasteiger partial charge in [0.2, 0.25) is 0 Å². The van der Waals surface area contributed by atoms with Gasteiger partial charge in [0.1, 0.15) is 5.82 Å². The van der Waals surface area contributed by atoms with Crippen molar-refractivity contribution >= 4 is 54.5 Å². The van der Waals surface area contributed by atoms with Crippen molar-refractivity contribution in [2.24, 2.45) is 0 Å². The highest BCUT2D eigenvalue weighted by molar-refractivity contribution is 6.15. The predicted octanol–water partition coefficient (Wildman–Crippen LogP) is 14.1. The molecule has 0 saturated carbocycles. The summed E-state index contributed by atoms with van der Waals surface area (Å²) >= 11 is 0. The van der Waals surface area contributed by atoms with Crippen molar-refractivity contribution in [1.29, 1.82) is 0 Å². The standard InChI is InChI=1S/C57H37N5/c1-5-16-37(17-6-1)32-43-35-50-54(55(39-20-9-3-10-21-39)61-56(59-50)40-22-11-4-12-23-40)49-34-41(27-29-44(43)49)42-28-30-52-48(33-42)45-24-13-14-26-51(45)62(52)53-36-47(38-18-7-2-8-19-38)46-25-15-31-58-57(46)60-53/h1-31,33-36H,32H2. The maximum absolute atomic E-state index is 5.33. The van der Waals surface area contributed by atoms with Crippen LogP contribution in [0.5, 0.6) is 0 Å². The molecule has 0 aliphatic rings. The number of pyridine rings is 2. The van der Waals surface area contributed by atoms with Crippen molar-refractivity contribution in [3.05, 3.63) is 224 Å². The van der Waals surface area contributed by atoms with E-state index in [-0.39, 0.29) is 0 Å². The highest BCUT2D eigenvalue weighted by Gasteiger charge is 2.20. The molecule has 4 heterocycles. The molecule has 0 saturated heterocycles. The molecular weight excluding hydrogens is 755 g/mol. The van der Waals surface area contributed by atoms with Crippen LogP contribution in [0.2, 0.25) is 0 Å². The van der Waals surface area contributed by atoms with Crippen LogP contribution in [0.4, 0.5) is 0 Å². The molecule has 0 amide bonds. The summed E-state index contributed by atoms with van der Waals surface area (Å²) in [5.41, 5.74) is 13.8. The Morgan fingerprint density at radius 3 is 1.81 bits per heavy atom. The molecule has 0 aliphatic heterocycles. The lowest BCUT2D eigenvalue weighted by molar-refractivity contribution is 1.09. The van der Waals surface area contributed by atoms with Gasteiger partial charge in [-0.1, -0.05) is 158 Å². The second-order valence-electron chi connectivity index (χ2n) is 15.8. The molecule has 0 N–H and O–H groups in total. The van der Waals surface area contributed by atoms with Crippen molar-refractivity contribution in [1.82, 2.24) is 24.5 Å². The minimum Gasteiger partial charge on any atom is -0.294 e. The number of aromatic nitrogens is 5. The summed E-state index contributed by atoms with van der Waals surface area (Å²) in [6, 6.07) is 73.0. The Hall–Kier alpha value is -8.28. The SMILES string of the molecule is c1ccc(Cc2cc3nc(-c4ccccc4)nc(-c4ccccc4)c3c3cc(-c4ccc5c(c4)c4ccccc4n5-c4cc(-c5ccccc5)c5cccnc5n4)ccc23)cc1. The zero-order valence-corrected chi connectivity index (χ0v) is 33.7. The highest BCUT2D eigenvalue weighted by atomic mass is 15.1. The van der Waals surface area contributed by atoms with Crippen LogP contribution in [-0.4, -0.2) is 24.5 Å². The topological polar surface area (TPSA) is 56.5 Å². The van der Waals surface area contributed by atoms with Gasteiger partial charge in [0, 0.05) is 38.9 Å². The third-order valence-corrected chi connectivity index (χ3v) is 12.1. The quantitative estimate of drug-likeness (QED) is 0.151. The van der Waals surface area contributed by atoms with Gasteiger partial charge in [-0.05, 0) is 99.1 Å². The smallest absolute Gasteiger partial charge is 0.162 e. The third kappa shape index (κ3) is 6.10. The summed E-state index contributed by atoms with van der Waals surface area (Å²) in [5.74, 6) is 1.55. The molecule has 290 valence electrons. The summed E-state index contributed by atoms with van der Waals surface area (Å²) in [7, 11) is 0. The fourth-order valence-corrected chi connectivity index (χ4v) is 9.20. The normalized spacial score (nSPS) is 11.6. The van der Waals surface area contributed by atoms with E-state index >= 15 is 0 Å². The number of para-hydroxylation sites is 1. The van der Waals surface area contributed by atoms with Crippen LogP contribution in [0, 0.1) is 0 Å². The molecule has 0 spiro atoms. The Bertz CT molecular complexity index is 3640. The lowest BCUT2D eigenvalue weighted by Gasteiger charge is -2.16. The van der Waals surface area contributed by atoms with Gasteiger partial charge in [-0.3, -0.25) is 4.57 Å². The first-order chi connectivity index (χ1) is 30.7. The van der Waals surface area contributed by atoms with E-state index in [1.54, 1.807) is 0 Å². The van der Waals surface area contributed by atoms with Gasteiger partial charge >= 0.3 is 0 Å². The average Bonchev–Trinajstić information content (AvgIpc) is 3.68. The number of hydrogen-bond acceptors (Lipinski definition) is 4. The van der Waals surface area contributed by atoms with Crippen molar-refractivity contribution in [3.8, 4) is 50.7 Å². The maximum atomic E-state index is 5.33. The van der Waals surface area contributed by atoms with Crippen LogP contribution >= 0.6 is 0 Å². The fourth-order valence-electron chi connectivity index (χ4n) is 9.20. The molecule has 0 radical (unpaired) electrons. The van der Waals surface area contributed by atoms with Gasteiger partial charge < -0.3 is 0 Å². The van der Waals surface area contributed by atoms with Gasteiger partial charge in [-0.25, -0.2) is 19.9 Å². The minimum absolute atomic E-state index is 0.715. The summed E-state index contributed by atoms with van der Waals surface area (Å²) in [6.45, 7) is 0. The molecule has 0 unspecified atom stereocenters. The summed E-state index contributed by atoms with van der Waals surface area (Å²) in [4.78, 5) is 20.6. The van der Waals surface area contributed by atoms with E-state index < -0.39 is 0 Å². The van der Waals surface area contributed by atoms with E-state index in [0.29, 0.717) is 5.82 Å². The number of hydrogen-bond donors (Lipinski definition) is 0. The third-order valence-electron chi connectivity index (χ3n) is 12.1. The van der Waals surface area contributed by atoms with Crippen molar-refractivity contribution in [2.75, 3.05) is 0 Å². The second-order valence-corrected chi connectivity index (χ2v) is 15.8. The fraction of sp³-hybridized carbons (Fsp3) is 0.0175. The molecule has 8 aromatic carbocycles. The Morgan fingerprint density at radius 2 is 1.03 bits per heavy atom. The molecular formula is C57H37N5. The second kappa shape index (κ2) is 14.8. The average molecular weight is 792 g/mol. The van der Waals surface area contributed by atoms with E-state index in [2.05, 4.69) is 187 Å². The van der Waals surface area contributed by atoms with Crippen molar-refractivity contribution in [3.63, 3.8) is 0 Å². The highest BCUT2D eigenvalue weighted by Crippen LogP contribution is 2.41. The molecule has 12 aromatic rings. The van der Waals surface area contributed by atoms with Gasteiger partial charge in [0.25, 0.3) is 0 Å². The monoisotopic (exact) mass is 791 g/mol. The Morgan fingerprint density at radius 1 is 0.403 bits per heavy atom. The maximum Gasteiger partial charge on any atom is 0.162 e. The van der Waals surface area contributed by atoms with Crippen molar-refractivity contribution in [2.45, 2.75) is 6.42 Å². The first-order valence-electron chi connectivity index (χ1n) is 21.0. The number of nitrogens with zero attached hydrogens (tertiary/aromatic N) is 5. The van der Waals surface area contributed by atoms with Gasteiger partial charge in [-0.15, -0.1) is 0 Å². The molecule has 0 bridgehead atoms. The molecule has 0 aliphatic carbocycles. The molecule has 5 heteroatoms. The summed E-state index contributed by atoms with van der Waals surface area (Å²) in [5, 5.41) is 6.73. The van der Waals surface area contributed by atoms with Gasteiger partial charge in [-0.2, -0.15) is 0 Å². The predicted molar refractivity (Wildman–Crippen MR) is 255 cm³/mol. The van der Waals surface area contributed by atoms with Crippen LogP contribution < -0.4 is 0 Å². The zero-order valence-electron chi connectivity index (χ0n) is 33.7. The number of rotatable bonds is 7. The number of fused-ring (bicyclic) bond motifs is 7. The van der Waals surface area contributed by atoms with Crippen LogP contribution in [0.3, 0.4) is 0 Å². The Labute approximate surface area is 358 Å². The van der Waals surface area contributed by atoms with E-state index in [4.69, 9.17) is 19.9 Å².